The van der Waals surface area contributed by atoms with Crippen molar-refractivity contribution in [3.05, 3.63) is 24.3 Å². The van der Waals surface area contributed by atoms with Crippen molar-refractivity contribution in [2.75, 3.05) is 42.3 Å². The van der Waals surface area contributed by atoms with Crippen molar-refractivity contribution >= 4 is 0 Å². The third-order valence-electron chi connectivity index (χ3n) is 4.16. The fourth-order valence-electron chi connectivity index (χ4n) is 2.47. The van der Waals surface area contributed by atoms with E-state index in [1.54, 1.807) is 0 Å². The summed E-state index contributed by atoms with van der Waals surface area (Å²) >= 11 is 0. The Kier molecular flexibility index (Phi) is 5.18. The van der Waals surface area contributed by atoms with Gasteiger partial charge in [-0.1, -0.05) is 24.3 Å². The molecular weight excluding hydrogens is 220 g/mol. The monoisotopic (exact) mass is 252 g/mol. The molecule has 1 aliphatic carbocycles. The van der Waals surface area contributed by atoms with Crippen molar-refractivity contribution < 1.29 is 8.97 Å². The maximum Gasteiger partial charge on any atom is 0.0953 e. The van der Waals surface area contributed by atoms with Gasteiger partial charge < -0.3 is 8.97 Å². The van der Waals surface area contributed by atoms with Crippen LogP contribution in [0.15, 0.2) is 24.3 Å². The van der Waals surface area contributed by atoms with Gasteiger partial charge in [0.25, 0.3) is 0 Å². The molecule has 2 nitrogen and oxygen atoms in total. The van der Waals surface area contributed by atoms with E-state index >= 15 is 0 Å². The lowest BCUT2D eigenvalue weighted by Gasteiger charge is -2.35. The van der Waals surface area contributed by atoms with Crippen molar-refractivity contribution in [2.24, 2.45) is 0 Å². The first kappa shape index (κ1) is 15.5. The largest absolute Gasteiger partial charge is 0.328 e. The highest BCUT2D eigenvalue weighted by atomic mass is 15.3. The molecule has 0 N–H and O–H groups in total. The molecular formula is C16H32N2+2. The third kappa shape index (κ3) is 4.95. The van der Waals surface area contributed by atoms with E-state index in [2.05, 4.69) is 66.6 Å². The normalized spacial score (nSPS) is 30.8. The molecule has 0 aromatic heterocycles. The van der Waals surface area contributed by atoms with Crippen LogP contribution in [0.25, 0.3) is 0 Å². The second-order valence-electron chi connectivity index (χ2n) is 7.43. The molecule has 104 valence electrons. The quantitative estimate of drug-likeness (QED) is 0.524. The van der Waals surface area contributed by atoms with Crippen molar-refractivity contribution in [1.82, 2.24) is 0 Å². The van der Waals surface area contributed by atoms with Gasteiger partial charge in [0, 0.05) is 25.7 Å². The average Bonchev–Trinajstić information content (AvgIpc) is 2.22. The Balaban J connectivity index is 2.70. The third-order valence-corrected chi connectivity index (χ3v) is 4.16. The maximum atomic E-state index is 2.40. The first-order valence-corrected chi connectivity index (χ1v) is 7.13. The minimum Gasteiger partial charge on any atom is -0.328 e. The second kappa shape index (κ2) is 6.03. The summed E-state index contributed by atoms with van der Waals surface area (Å²) in [4.78, 5) is 0. The van der Waals surface area contributed by atoms with Gasteiger partial charge >= 0.3 is 0 Å². The number of quaternary nitrogens is 2. The van der Waals surface area contributed by atoms with E-state index in [0.29, 0.717) is 12.1 Å². The van der Waals surface area contributed by atoms with Gasteiger partial charge in [0.05, 0.1) is 54.4 Å². The van der Waals surface area contributed by atoms with Gasteiger partial charge in [0.1, 0.15) is 0 Å². The highest BCUT2D eigenvalue weighted by Crippen LogP contribution is 2.19. The summed E-state index contributed by atoms with van der Waals surface area (Å²) in [5, 5.41) is 0. The minimum atomic E-state index is 0.707. The number of hydrogen-bond donors (Lipinski definition) is 0. The number of nitrogens with zero attached hydrogens (tertiary/aromatic N) is 2. The summed E-state index contributed by atoms with van der Waals surface area (Å²) in [6.45, 7) is 0. The summed E-state index contributed by atoms with van der Waals surface area (Å²) in [5.41, 5.74) is 0. The zero-order chi connectivity index (χ0) is 13.8. The van der Waals surface area contributed by atoms with Crippen molar-refractivity contribution in [2.45, 2.75) is 37.8 Å². The van der Waals surface area contributed by atoms with E-state index in [0.717, 1.165) is 8.97 Å². The summed E-state index contributed by atoms with van der Waals surface area (Å²) < 4.78 is 2.10. The lowest BCUT2D eigenvalue weighted by molar-refractivity contribution is -0.896. The van der Waals surface area contributed by atoms with Crippen molar-refractivity contribution in [3.8, 4) is 0 Å². The van der Waals surface area contributed by atoms with Gasteiger partial charge in [-0.15, -0.1) is 0 Å². The molecule has 0 radical (unpaired) electrons. The lowest BCUT2D eigenvalue weighted by atomic mass is 10.0. The van der Waals surface area contributed by atoms with Crippen molar-refractivity contribution in [3.63, 3.8) is 0 Å². The first-order valence-electron chi connectivity index (χ1n) is 7.13. The molecule has 0 amide bonds. The van der Waals surface area contributed by atoms with E-state index in [-0.39, 0.29) is 0 Å². The highest BCUT2D eigenvalue weighted by molar-refractivity contribution is 4.95. The first-order chi connectivity index (χ1) is 8.21. The topological polar surface area (TPSA) is 0 Å². The van der Waals surface area contributed by atoms with Crippen LogP contribution in [-0.2, 0) is 0 Å². The van der Waals surface area contributed by atoms with Crippen LogP contribution in [0.4, 0.5) is 0 Å². The molecule has 0 saturated heterocycles. The Morgan fingerprint density at radius 1 is 0.556 bits per heavy atom. The predicted molar refractivity (Wildman–Crippen MR) is 80.4 cm³/mol. The van der Waals surface area contributed by atoms with Crippen molar-refractivity contribution in [1.29, 1.82) is 0 Å². The Morgan fingerprint density at radius 2 is 0.778 bits per heavy atom. The van der Waals surface area contributed by atoms with Crippen LogP contribution in [-0.4, -0.2) is 63.3 Å². The molecule has 18 heavy (non-hydrogen) atoms. The Bertz CT molecular complexity index is 254. The summed E-state index contributed by atoms with van der Waals surface area (Å²) in [5.74, 6) is 0. The Hall–Kier alpha value is -0.600. The fourth-order valence-corrected chi connectivity index (χ4v) is 2.47. The van der Waals surface area contributed by atoms with Crippen LogP contribution in [0.3, 0.4) is 0 Å². The lowest BCUT2D eigenvalue weighted by Crippen LogP contribution is -2.45. The molecule has 0 aromatic rings. The molecule has 0 spiro atoms. The zero-order valence-electron chi connectivity index (χ0n) is 13.2. The molecule has 1 rings (SSSR count). The van der Waals surface area contributed by atoms with Gasteiger partial charge in [-0.05, 0) is 0 Å². The molecule has 2 heteroatoms. The van der Waals surface area contributed by atoms with Gasteiger partial charge in [-0.3, -0.25) is 0 Å². The molecule has 0 bridgehead atoms. The van der Waals surface area contributed by atoms with Gasteiger partial charge in [-0.2, -0.15) is 0 Å². The molecule has 0 unspecified atom stereocenters. The van der Waals surface area contributed by atoms with Gasteiger partial charge in [0.15, 0.2) is 0 Å². The summed E-state index contributed by atoms with van der Waals surface area (Å²) in [6.07, 6.45) is 14.4. The molecule has 0 fully saturated rings. The van der Waals surface area contributed by atoms with Crippen LogP contribution in [0.2, 0.25) is 0 Å². The van der Waals surface area contributed by atoms with E-state index in [9.17, 15) is 0 Å². The van der Waals surface area contributed by atoms with E-state index in [4.69, 9.17) is 0 Å². The Morgan fingerprint density at radius 3 is 0.944 bits per heavy atom. The second-order valence-corrected chi connectivity index (χ2v) is 7.43. The van der Waals surface area contributed by atoms with E-state index in [1.165, 1.54) is 25.7 Å². The van der Waals surface area contributed by atoms with E-state index < -0.39 is 0 Å². The number of rotatable bonds is 2. The van der Waals surface area contributed by atoms with E-state index in [1.807, 2.05) is 0 Å². The standard InChI is InChI=1S/C16H32N2/c1-17(2,3)15-11-7-9-13-16(18(4,5)6)14-10-8-12-15/h7-10,15-16H,11-14H2,1-6H3/q+2/b9-7-,10-8-. The van der Waals surface area contributed by atoms with Crippen LogP contribution >= 0.6 is 0 Å². The smallest absolute Gasteiger partial charge is 0.0953 e. The number of hydrogen-bond acceptors (Lipinski definition) is 0. The maximum absolute atomic E-state index is 2.40. The molecule has 0 saturated carbocycles. The minimum absolute atomic E-state index is 0.707. The Labute approximate surface area is 114 Å². The fraction of sp³-hybridized carbons (Fsp3) is 0.750. The van der Waals surface area contributed by atoms with Crippen LogP contribution < -0.4 is 0 Å². The molecule has 0 atom stereocenters. The molecule has 0 aromatic carbocycles. The molecule has 1 aliphatic rings. The highest BCUT2D eigenvalue weighted by Gasteiger charge is 2.24. The van der Waals surface area contributed by atoms with Gasteiger partial charge in [0.2, 0.25) is 0 Å². The molecule has 0 aliphatic heterocycles. The summed E-state index contributed by atoms with van der Waals surface area (Å²) in [6, 6.07) is 1.41. The summed E-state index contributed by atoms with van der Waals surface area (Å²) in [7, 11) is 13.8. The SMILES string of the molecule is C[N+](C)(C)C1C/C=C\CC([N+](C)(C)C)C/C=C\C1. The molecule has 0 heterocycles. The van der Waals surface area contributed by atoms with Gasteiger partial charge in [-0.25, -0.2) is 0 Å². The van der Waals surface area contributed by atoms with Crippen LogP contribution in [0, 0.1) is 0 Å². The van der Waals surface area contributed by atoms with Crippen LogP contribution in [0.5, 0.6) is 0 Å². The average molecular weight is 252 g/mol. The zero-order valence-corrected chi connectivity index (χ0v) is 13.2. The van der Waals surface area contributed by atoms with Crippen LogP contribution in [0.1, 0.15) is 25.7 Å². The predicted octanol–water partition coefficient (Wildman–Crippen LogP) is 2.82.